The number of hydrogen-bond acceptors (Lipinski definition) is 3. The van der Waals surface area contributed by atoms with E-state index in [4.69, 9.17) is 5.73 Å². The Balaban J connectivity index is 1.79. The van der Waals surface area contributed by atoms with Gasteiger partial charge in [0.05, 0.1) is 12.2 Å². The first kappa shape index (κ1) is 13.5. The molecule has 1 aliphatic heterocycles. The van der Waals surface area contributed by atoms with Crippen LogP contribution in [-0.4, -0.2) is 35.4 Å². The highest BCUT2D eigenvalue weighted by Crippen LogP contribution is 2.24. The van der Waals surface area contributed by atoms with Gasteiger partial charge in [-0.3, -0.25) is 4.98 Å². The van der Waals surface area contributed by atoms with Gasteiger partial charge in [0.1, 0.15) is 5.84 Å². The van der Waals surface area contributed by atoms with Gasteiger partial charge in [0.25, 0.3) is 0 Å². The van der Waals surface area contributed by atoms with Crippen LogP contribution in [0.25, 0.3) is 16.8 Å². The van der Waals surface area contributed by atoms with E-state index in [-0.39, 0.29) is 0 Å². The molecule has 2 aromatic rings. The molecule has 21 heavy (non-hydrogen) atoms. The summed E-state index contributed by atoms with van der Waals surface area (Å²) in [6.07, 6.45) is 3.60. The monoisotopic (exact) mass is 278 g/mol. The first-order chi connectivity index (χ1) is 10.3. The van der Waals surface area contributed by atoms with Crippen LogP contribution < -0.4 is 5.73 Å². The van der Waals surface area contributed by atoms with Crippen molar-refractivity contribution in [2.24, 2.45) is 10.7 Å². The quantitative estimate of drug-likeness (QED) is 0.854. The van der Waals surface area contributed by atoms with E-state index in [0.29, 0.717) is 6.54 Å². The van der Waals surface area contributed by atoms with Gasteiger partial charge in [0, 0.05) is 31.0 Å². The number of hydrogen-bond donors (Lipinski definition) is 1. The van der Waals surface area contributed by atoms with Crippen molar-refractivity contribution in [1.82, 2.24) is 9.88 Å². The van der Waals surface area contributed by atoms with Crippen LogP contribution >= 0.6 is 0 Å². The molecule has 0 amide bonds. The molecule has 0 spiro atoms. The maximum absolute atomic E-state index is 5.53. The van der Waals surface area contributed by atoms with E-state index >= 15 is 0 Å². The summed E-state index contributed by atoms with van der Waals surface area (Å²) in [6, 6.07) is 12.2. The van der Waals surface area contributed by atoms with Crippen molar-refractivity contribution < 1.29 is 0 Å². The van der Waals surface area contributed by atoms with Crippen LogP contribution in [0.3, 0.4) is 0 Å². The molecule has 1 aromatic heterocycles. The standard InChI is InChI=1S/C17H18N4/c1-13(20-17-12-21(17)10-7-18)15-3-2-4-16(11-15)14-5-8-19-9-6-14/h2-6,8-9,11H,1,7,10,12,18H2. The summed E-state index contributed by atoms with van der Waals surface area (Å²) in [6.45, 7) is 6.50. The summed E-state index contributed by atoms with van der Waals surface area (Å²) in [5, 5.41) is 0. The Morgan fingerprint density at radius 1 is 1.24 bits per heavy atom. The van der Waals surface area contributed by atoms with Crippen molar-refractivity contribution in [3.05, 3.63) is 60.9 Å². The van der Waals surface area contributed by atoms with Crippen molar-refractivity contribution >= 4 is 11.5 Å². The van der Waals surface area contributed by atoms with Crippen molar-refractivity contribution in [3.63, 3.8) is 0 Å². The van der Waals surface area contributed by atoms with E-state index < -0.39 is 0 Å². The first-order valence-electron chi connectivity index (χ1n) is 7.00. The number of rotatable bonds is 5. The van der Waals surface area contributed by atoms with Gasteiger partial charge in [-0.1, -0.05) is 24.8 Å². The Morgan fingerprint density at radius 2 is 2.05 bits per heavy atom. The molecule has 2 N–H and O–H groups in total. The van der Waals surface area contributed by atoms with Crippen LogP contribution in [0.2, 0.25) is 0 Å². The third kappa shape index (κ3) is 3.17. The molecule has 1 aromatic carbocycles. The van der Waals surface area contributed by atoms with Crippen LogP contribution in [0.4, 0.5) is 0 Å². The molecule has 3 rings (SSSR count). The molecule has 4 heteroatoms. The van der Waals surface area contributed by atoms with Crippen molar-refractivity contribution in [2.45, 2.75) is 0 Å². The van der Waals surface area contributed by atoms with Gasteiger partial charge < -0.3 is 10.6 Å². The van der Waals surface area contributed by atoms with Gasteiger partial charge in [-0.05, 0) is 29.3 Å². The topological polar surface area (TPSA) is 54.3 Å². The van der Waals surface area contributed by atoms with Crippen LogP contribution in [-0.2, 0) is 0 Å². The second kappa shape index (κ2) is 5.89. The maximum atomic E-state index is 5.53. The van der Waals surface area contributed by atoms with Crippen LogP contribution in [0.5, 0.6) is 0 Å². The SMILES string of the molecule is C=C(N=C1CN1CCN)c1cccc(-c2ccncc2)c1. The van der Waals surface area contributed by atoms with Crippen molar-refractivity contribution in [2.75, 3.05) is 19.6 Å². The molecule has 106 valence electrons. The summed E-state index contributed by atoms with van der Waals surface area (Å²) in [5.41, 5.74) is 9.65. The second-order valence-corrected chi connectivity index (χ2v) is 5.00. The third-order valence-electron chi connectivity index (χ3n) is 3.47. The van der Waals surface area contributed by atoms with Gasteiger partial charge in [-0.15, -0.1) is 0 Å². The van der Waals surface area contributed by atoms with Crippen molar-refractivity contribution in [1.29, 1.82) is 0 Å². The smallest absolute Gasteiger partial charge is 0.125 e. The molecule has 0 bridgehead atoms. The predicted octanol–water partition coefficient (Wildman–Crippen LogP) is 2.39. The van der Waals surface area contributed by atoms with Gasteiger partial charge >= 0.3 is 0 Å². The summed E-state index contributed by atoms with van der Waals surface area (Å²) < 4.78 is 0. The summed E-state index contributed by atoms with van der Waals surface area (Å²) in [7, 11) is 0. The lowest BCUT2D eigenvalue weighted by Gasteiger charge is -2.05. The maximum Gasteiger partial charge on any atom is 0.125 e. The van der Waals surface area contributed by atoms with Crippen LogP contribution in [0, 0.1) is 0 Å². The predicted molar refractivity (Wildman–Crippen MR) is 86.8 cm³/mol. The van der Waals surface area contributed by atoms with Gasteiger partial charge in [0.2, 0.25) is 0 Å². The molecule has 0 unspecified atom stereocenters. The highest BCUT2D eigenvalue weighted by molar-refractivity contribution is 6.00. The Labute approximate surface area is 124 Å². The number of amidine groups is 1. The summed E-state index contributed by atoms with van der Waals surface area (Å²) in [4.78, 5) is 10.8. The minimum Gasteiger partial charge on any atom is -0.350 e. The Morgan fingerprint density at radius 3 is 2.81 bits per heavy atom. The number of nitrogens with zero attached hydrogens (tertiary/aromatic N) is 3. The number of pyridine rings is 1. The number of benzene rings is 1. The molecule has 2 heterocycles. The Kier molecular flexibility index (Phi) is 3.79. The fourth-order valence-corrected chi connectivity index (χ4v) is 2.25. The lowest BCUT2D eigenvalue weighted by Crippen LogP contribution is -2.13. The molecule has 1 fully saturated rings. The van der Waals surface area contributed by atoms with Gasteiger partial charge in [0.15, 0.2) is 0 Å². The zero-order chi connectivity index (χ0) is 14.7. The first-order valence-corrected chi connectivity index (χ1v) is 7.00. The molecular formula is C17H18N4. The third-order valence-corrected chi connectivity index (χ3v) is 3.47. The molecule has 0 atom stereocenters. The normalized spacial score (nSPS) is 15.3. The zero-order valence-electron chi connectivity index (χ0n) is 11.9. The van der Waals surface area contributed by atoms with E-state index in [1.54, 1.807) is 12.4 Å². The van der Waals surface area contributed by atoms with Crippen molar-refractivity contribution in [3.8, 4) is 11.1 Å². The molecule has 0 radical (unpaired) electrons. The van der Waals surface area contributed by atoms with Crippen LogP contribution in [0.1, 0.15) is 5.56 Å². The zero-order valence-corrected chi connectivity index (χ0v) is 11.9. The van der Waals surface area contributed by atoms with Crippen LogP contribution in [0.15, 0.2) is 60.4 Å². The highest BCUT2D eigenvalue weighted by Gasteiger charge is 2.26. The van der Waals surface area contributed by atoms with E-state index in [1.165, 1.54) is 0 Å². The minimum absolute atomic E-state index is 0.656. The molecular weight excluding hydrogens is 260 g/mol. The number of aliphatic imine (C=N–C) groups is 1. The van der Waals surface area contributed by atoms with Gasteiger partial charge in [-0.25, -0.2) is 4.99 Å². The van der Waals surface area contributed by atoms with E-state index in [0.717, 1.165) is 41.3 Å². The van der Waals surface area contributed by atoms with E-state index in [1.807, 2.05) is 24.3 Å². The second-order valence-electron chi connectivity index (χ2n) is 5.00. The average Bonchev–Trinajstić information content (AvgIpc) is 3.26. The highest BCUT2D eigenvalue weighted by atomic mass is 15.3. The van der Waals surface area contributed by atoms with E-state index in [2.05, 4.69) is 33.6 Å². The van der Waals surface area contributed by atoms with Gasteiger partial charge in [-0.2, -0.15) is 0 Å². The Bertz CT molecular complexity index is 676. The number of aromatic nitrogens is 1. The average molecular weight is 278 g/mol. The summed E-state index contributed by atoms with van der Waals surface area (Å²) >= 11 is 0. The van der Waals surface area contributed by atoms with E-state index in [9.17, 15) is 0 Å². The fourth-order valence-electron chi connectivity index (χ4n) is 2.25. The molecule has 4 nitrogen and oxygen atoms in total. The lowest BCUT2D eigenvalue weighted by molar-refractivity contribution is 0.618. The Hall–Kier alpha value is -2.46. The molecule has 1 aliphatic rings. The molecule has 1 saturated heterocycles. The number of nitrogens with two attached hydrogens (primary N) is 1. The molecule has 0 saturated carbocycles. The fraction of sp³-hybridized carbons (Fsp3) is 0.176. The summed E-state index contributed by atoms with van der Waals surface area (Å²) in [5.74, 6) is 1.07. The molecule has 0 aliphatic carbocycles. The lowest BCUT2D eigenvalue weighted by atomic mass is 10.0. The minimum atomic E-state index is 0.656. The largest absolute Gasteiger partial charge is 0.350 e.